The first-order valence-corrected chi connectivity index (χ1v) is 8.51. The Labute approximate surface area is 155 Å². The molecule has 0 bridgehead atoms. The fourth-order valence-electron chi connectivity index (χ4n) is 3.02. The zero-order chi connectivity index (χ0) is 19.0. The predicted molar refractivity (Wildman–Crippen MR) is 103 cm³/mol. The summed E-state index contributed by atoms with van der Waals surface area (Å²) < 4.78 is 16.3. The van der Waals surface area contributed by atoms with Crippen molar-refractivity contribution in [3.8, 4) is 11.4 Å². The Kier molecular flexibility index (Phi) is 4.16. The molecule has 0 spiro atoms. The smallest absolute Gasteiger partial charge is 0.159 e. The number of ketones is 1. The topological polar surface area (TPSA) is 59.3 Å². The van der Waals surface area contributed by atoms with Crippen LogP contribution in [0, 0.1) is 12.7 Å². The van der Waals surface area contributed by atoms with E-state index in [0.717, 1.165) is 11.4 Å². The van der Waals surface area contributed by atoms with Crippen LogP contribution in [0.25, 0.3) is 17.0 Å². The molecule has 0 aliphatic carbocycles. The highest BCUT2D eigenvalue weighted by molar-refractivity contribution is 5.94. The van der Waals surface area contributed by atoms with Gasteiger partial charge in [0.05, 0.1) is 0 Å². The number of benzene rings is 1. The number of hydrogen-bond acceptors (Lipinski definition) is 4. The Morgan fingerprint density at radius 3 is 2.52 bits per heavy atom. The van der Waals surface area contributed by atoms with E-state index in [1.165, 1.54) is 13.0 Å². The van der Waals surface area contributed by atoms with Crippen LogP contribution in [0.1, 0.15) is 23.0 Å². The second-order valence-electron chi connectivity index (χ2n) is 6.26. The summed E-state index contributed by atoms with van der Waals surface area (Å²) in [5.74, 6) is 0.188. The highest BCUT2D eigenvalue weighted by Gasteiger charge is 2.19. The second kappa shape index (κ2) is 6.64. The molecule has 0 amide bonds. The van der Waals surface area contributed by atoms with Crippen LogP contribution < -0.4 is 5.32 Å². The third kappa shape index (κ3) is 3.06. The van der Waals surface area contributed by atoms with Crippen molar-refractivity contribution in [1.29, 1.82) is 0 Å². The van der Waals surface area contributed by atoms with E-state index in [1.807, 2.05) is 41.7 Å². The first kappa shape index (κ1) is 16.9. The maximum absolute atomic E-state index is 14.4. The van der Waals surface area contributed by atoms with Crippen LogP contribution >= 0.6 is 0 Å². The number of imidazole rings is 1. The van der Waals surface area contributed by atoms with Gasteiger partial charge in [-0.05, 0) is 62.4 Å². The summed E-state index contributed by atoms with van der Waals surface area (Å²) in [6.45, 7) is 3.48. The highest BCUT2D eigenvalue weighted by Crippen LogP contribution is 2.32. The molecule has 5 nitrogen and oxygen atoms in total. The lowest BCUT2D eigenvalue weighted by atomic mass is 10.1. The monoisotopic (exact) mass is 360 g/mol. The van der Waals surface area contributed by atoms with Crippen molar-refractivity contribution in [3.05, 3.63) is 77.9 Å². The Hall–Kier alpha value is -3.54. The average molecular weight is 360 g/mol. The number of aromatic nitrogens is 3. The first-order valence-electron chi connectivity index (χ1n) is 8.51. The molecule has 6 heteroatoms. The van der Waals surface area contributed by atoms with Crippen LogP contribution in [-0.2, 0) is 0 Å². The maximum atomic E-state index is 14.4. The van der Waals surface area contributed by atoms with Gasteiger partial charge in [0.2, 0.25) is 0 Å². The Morgan fingerprint density at radius 2 is 1.81 bits per heavy atom. The van der Waals surface area contributed by atoms with Crippen LogP contribution in [0.15, 0.2) is 60.8 Å². The van der Waals surface area contributed by atoms with Crippen molar-refractivity contribution in [2.45, 2.75) is 13.8 Å². The van der Waals surface area contributed by atoms with E-state index in [4.69, 9.17) is 0 Å². The van der Waals surface area contributed by atoms with E-state index in [-0.39, 0.29) is 11.5 Å². The van der Waals surface area contributed by atoms with E-state index < -0.39 is 5.82 Å². The third-order valence-corrected chi connectivity index (χ3v) is 4.38. The Morgan fingerprint density at radius 1 is 1.04 bits per heavy atom. The molecule has 0 aliphatic rings. The molecule has 27 heavy (non-hydrogen) atoms. The molecule has 3 heterocycles. The van der Waals surface area contributed by atoms with Gasteiger partial charge in [0.25, 0.3) is 0 Å². The van der Waals surface area contributed by atoms with Gasteiger partial charge in [0.1, 0.15) is 22.9 Å². The molecule has 0 aliphatic heterocycles. The summed E-state index contributed by atoms with van der Waals surface area (Å²) in [5, 5.41) is 3.31. The summed E-state index contributed by atoms with van der Waals surface area (Å²) in [7, 11) is 0. The lowest BCUT2D eigenvalue weighted by Gasteiger charge is -2.11. The molecule has 3 aromatic heterocycles. The minimum atomic E-state index is -0.437. The molecule has 4 aromatic rings. The first-order chi connectivity index (χ1) is 13.0. The van der Waals surface area contributed by atoms with Gasteiger partial charge >= 0.3 is 0 Å². The quantitative estimate of drug-likeness (QED) is 0.532. The van der Waals surface area contributed by atoms with Crippen LogP contribution in [0.4, 0.5) is 15.9 Å². The predicted octanol–water partition coefficient (Wildman–Crippen LogP) is 4.79. The fraction of sp³-hybridized carbons (Fsp3) is 0.0952. The second-order valence-corrected chi connectivity index (χ2v) is 6.26. The average Bonchev–Trinajstić information content (AvgIpc) is 3.02. The fourth-order valence-corrected chi connectivity index (χ4v) is 3.02. The van der Waals surface area contributed by atoms with E-state index in [1.54, 1.807) is 24.4 Å². The summed E-state index contributed by atoms with van der Waals surface area (Å²) >= 11 is 0. The Balaban J connectivity index is 1.88. The van der Waals surface area contributed by atoms with Crippen molar-refractivity contribution >= 4 is 22.9 Å². The number of halogens is 1. The number of carbonyl (C=O) groups is 1. The molecule has 0 radical (unpaired) electrons. The molecule has 0 atom stereocenters. The van der Waals surface area contributed by atoms with Gasteiger partial charge in [-0.2, -0.15) is 0 Å². The van der Waals surface area contributed by atoms with Crippen LogP contribution in [0.2, 0.25) is 0 Å². The van der Waals surface area contributed by atoms with E-state index in [0.29, 0.717) is 22.7 Å². The van der Waals surface area contributed by atoms with Gasteiger partial charge in [0.15, 0.2) is 11.6 Å². The largest absolute Gasteiger partial charge is 0.339 e. The highest BCUT2D eigenvalue weighted by atomic mass is 19.1. The van der Waals surface area contributed by atoms with Crippen LogP contribution in [0.5, 0.6) is 0 Å². The molecule has 1 N–H and O–H groups in total. The number of hydrogen-bond donors (Lipinski definition) is 1. The van der Waals surface area contributed by atoms with E-state index in [9.17, 15) is 9.18 Å². The van der Waals surface area contributed by atoms with Crippen molar-refractivity contribution < 1.29 is 9.18 Å². The normalized spacial score (nSPS) is 10.9. The molecule has 134 valence electrons. The summed E-state index contributed by atoms with van der Waals surface area (Å²) in [5.41, 5.74) is 3.65. The molecule has 1 aromatic carbocycles. The molecule has 0 fully saturated rings. The van der Waals surface area contributed by atoms with Gasteiger partial charge in [-0.15, -0.1) is 0 Å². The van der Waals surface area contributed by atoms with Crippen molar-refractivity contribution in [1.82, 2.24) is 14.4 Å². The van der Waals surface area contributed by atoms with Crippen molar-refractivity contribution in [3.63, 3.8) is 0 Å². The number of rotatable bonds is 4. The van der Waals surface area contributed by atoms with E-state index in [2.05, 4.69) is 15.3 Å². The van der Waals surface area contributed by atoms with E-state index >= 15 is 0 Å². The molecule has 4 rings (SSSR count). The summed E-state index contributed by atoms with van der Waals surface area (Å²) in [4.78, 5) is 20.3. The van der Waals surface area contributed by atoms with Crippen LogP contribution in [0.3, 0.4) is 0 Å². The SMILES string of the molecule is CC(=O)c1ccc(Nc2c(-c3ncccc3F)nc3cccc(C)n23)cc1. The minimum Gasteiger partial charge on any atom is -0.339 e. The minimum absolute atomic E-state index is 0.00319. The van der Waals surface area contributed by atoms with Gasteiger partial charge < -0.3 is 5.32 Å². The van der Waals surface area contributed by atoms with Crippen molar-refractivity contribution in [2.75, 3.05) is 5.32 Å². The summed E-state index contributed by atoms with van der Waals surface area (Å²) in [6.07, 6.45) is 1.54. The summed E-state index contributed by atoms with van der Waals surface area (Å²) in [6, 6.07) is 15.8. The van der Waals surface area contributed by atoms with Gasteiger partial charge in [0, 0.05) is 23.1 Å². The number of Topliss-reactive ketones (excluding diaryl/α,β-unsaturated/α-hetero) is 1. The zero-order valence-electron chi connectivity index (χ0n) is 14.9. The number of nitrogens with zero attached hydrogens (tertiary/aromatic N) is 3. The molecule has 0 saturated carbocycles. The van der Waals surface area contributed by atoms with Gasteiger partial charge in [-0.1, -0.05) is 6.07 Å². The standard InChI is InChI=1S/C21H17FN4O/c1-13-5-3-7-18-25-20(19-17(22)6-4-12-23-19)21(26(13)18)24-16-10-8-15(9-11-16)14(2)27/h3-12,24H,1-2H3. The van der Waals surface area contributed by atoms with Crippen molar-refractivity contribution in [2.24, 2.45) is 0 Å². The lowest BCUT2D eigenvalue weighted by Crippen LogP contribution is -2.01. The number of fused-ring (bicyclic) bond motifs is 1. The molecular weight excluding hydrogens is 343 g/mol. The molecular formula is C21H17FN4O. The zero-order valence-corrected chi connectivity index (χ0v) is 14.9. The lowest BCUT2D eigenvalue weighted by molar-refractivity contribution is 0.101. The Bertz CT molecular complexity index is 1150. The maximum Gasteiger partial charge on any atom is 0.159 e. The number of nitrogens with one attached hydrogen (secondary N) is 1. The van der Waals surface area contributed by atoms with Gasteiger partial charge in [-0.25, -0.2) is 9.37 Å². The van der Waals surface area contributed by atoms with Gasteiger partial charge in [-0.3, -0.25) is 14.2 Å². The molecule has 0 unspecified atom stereocenters. The van der Waals surface area contributed by atoms with Crippen LogP contribution in [-0.4, -0.2) is 20.2 Å². The number of anilines is 2. The number of pyridine rings is 2. The number of carbonyl (C=O) groups excluding carboxylic acids is 1. The third-order valence-electron chi connectivity index (χ3n) is 4.38. The molecule has 0 saturated heterocycles. The number of aryl methyl sites for hydroxylation is 1.